The van der Waals surface area contributed by atoms with Gasteiger partial charge in [-0.1, -0.05) is 24.3 Å². The third kappa shape index (κ3) is 4.09. The van der Waals surface area contributed by atoms with Crippen molar-refractivity contribution in [1.82, 2.24) is 0 Å². The molecule has 2 unspecified atom stereocenters. The fourth-order valence-corrected chi connectivity index (χ4v) is 3.58. The van der Waals surface area contributed by atoms with Gasteiger partial charge >= 0.3 is 5.97 Å². The number of carbonyl (C=O) groups excluding carboxylic acids is 1. The summed E-state index contributed by atoms with van der Waals surface area (Å²) in [5.41, 5.74) is 2.91. The lowest BCUT2D eigenvalue weighted by Gasteiger charge is -2.19. The number of nitriles is 1. The molecule has 0 spiro atoms. The minimum atomic E-state index is -1.08. The van der Waals surface area contributed by atoms with Gasteiger partial charge in [-0.25, -0.2) is 4.79 Å². The highest BCUT2D eigenvalue weighted by molar-refractivity contribution is 5.97. The molecular weight excluding hydrogens is 410 g/mol. The Morgan fingerprint density at radius 3 is 2.38 bits per heavy atom. The Morgan fingerprint density at radius 2 is 1.75 bits per heavy atom. The van der Waals surface area contributed by atoms with Gasteiger partial charge in [0, 0.05) is 11.6 Å². The number of esters is 1. The number of hydrogen-bond acceptors (Lipinski definition) is 7. The Balaban J connectivity index is 1.49. The van der Waals surface area contributed by atoms with Gasteiger partial charge in [-0.3, -0.25) is 0 Å². The fraction of sp³-hybridized carbons (Fsp3) is 0.200. The molecule has 1 heterocycles. The van der Waals surface area contributed by atoms with Crippen LogP contribution in [0.5, 0.6) is 17.2 Å². The number of aliphatic hydroxyl groups is 1. The van der Waals surface area contributed by atoms with Crippen molar-refractivity contribution in [2.45, 2.75) is 18.8 Å². The second kappa shape index (κ2) is 9.00. The molecule has 1 aliphatic rings. The van der Waals surface area contributed by atoms with Crippen LogP contribution in [0.3, 0.4) is 0 Å². The first-order chi connectivity index (χ1) is 15.5. The largest absolute Gasteiger partial charge is 0.497 e. The van der Waals surface area contributed by atoms with Gasteiger partial charge in [0.2, 0.25) is 0 Å². The molecule has 3 aromatic rings. The fourth-order valence-electron chi connectivity index (χ4n) is 3.58. The molecule has 0 radical (unpaired) electrons. The summed E-state index contributed by atoms with van der Waals surface area (Å²) < 4.78 is 21.8. The van der Waals surface area contributed by atoms with Crippen LogP contribution in [0, 0.1) is 11.3 Å². The smallest absolute Gasteiger partial charge is 0.343 e. The molecule has 1 aliphatic heterocycles. The Kier molecular flexibility index (Phi) is 5.97. The number of ether oxygens (including phenoxy) is 4. The second-order valence-electron chi connectivity index (χ2n) is 7.23. The van der Waals surface area contributed by atoms with Gasteiger partial charge in [-0.05, 0) is 41.5 Å². The van der Waals surface area contributed by atoms with Gasteiger partial charge in [-0.2, -0.15) is 5.26 Å². The quantitative estimate of drug-likeness (QED) is 0.563. The van der Waals surface area contributed by atoms with Crippen LogP contribution in [0.4, 0.5) is 0 Å². The Morgan fingerprint density at radius 1 is 1.03 bits per heavy atom. The highest BCUT2D eigenvalue weighted by Crippen LogP contribution is 2.45. The Hall–Kier alpha value is -4.02. The maximum absolute atomic E-state index is 12.4. The molecule has 4 rings (SSSR count). The Bertz CT molecular complexity index is 1160. The first kappa shape index (κ1) is 21.2. The summed E-state index contributed by atoms with van der Waals surface area (Å²) in [6.45, 7) is 0.348. The summed E-state index contributed by atoms with van der Waals surface area (Å²) in [5, 5.41) is 19.8. The summed E-state index contributed by atoms with van der Waals surface area (Å²) >= 11 is 0. The number of fused-ring (bicyclic) bond motifs is 1. The first-order valence-electron chi connectivity index (χ1n) is 9.90. The molecule has 0 bridgehead atoms. The number of rotatable bonds is 7. The van der Waals surface area contributed by atoms with Crippen LogP contribution >= 0.6 is 0 Å². The highest BCUT2D eigenvalue weighted by atomic mass is 16.6. The SMILES string of the molecule is COc1cc(OC)c2c(c1)C(C(O)c1ccc(OCc3ccc(C#N)cc3)cc1)OC2=O. The normalized spacial score (nSPS) is 15.3. The zero-order valence-electron chi connectivity index (χ0n) is 17.6. The van der Waals surface area contributed by atoms with E-state index in [-0.39, 0.29) is 0 Å². The van der Waals surface area contributed by atoms with Gasteiger partial charge in [0.1, 0.15) is 35.5 Å². The molecular formula is C25H21NO6. The number of aliphatic hydroxyl groups excluding tert-OH is 1. The number of nitrogens with zero attached hydrogens (tertiary/aromatic N) is 1. The van der Waals surface area contributed by atoms with Crippen LogP contribution in [0.2, 0.25) is 0 Å². The summed E-state index contributed by atoms with van der Waals surface area (Å²) in [6.07, 6.45) is -1.96. The average molecular weight is 431 g/mol. The van der Waals surface area contributed by atoms with Crippen molar-refractivity contribution in [1.29, 1.82) is 5.26 Å². The van der Waals surface area contributed by atoms with Gasteiger partial charge in [0.05, 0.1) is 25.9 Å². The number of cyclic esters (lactones) is 1. The van der Waals surface area contributed by atoms with E-state index in [4.69, 9.17) is 24.2 Å². The van der Waals surface area contributed by atoms with Crippen molar-refractivity contribution in [3.63, 3.8) is 0 Å². The third-order valence-corrected chi connectivity index (χ3v) is 5.30. The number of hydrogen-bond donors (Lipinski definition) is 1. The minimum Gasteiger partial charge on any atom is -0.497 e. The van der Waals surface area contributed by atoms with Crippen LogP contribution in [0.15, 0.2) is 60.7 Å². The van der Waals surface area contributed by atoms with E-state index in [1.807, 2.05) is 12.1 Å². The predicted molar refractivity (Wildman–Crippen MR) is 115 cm³/mol. The van der Waals surface area contributed by atoms with E-state index in [0.717, 1.165) is 5.56 Å². The monoisotopic (exact) mass is 431 g/mol. The van der Waals surface area contributed by atoms with Gasteiger partial charge in [0.15, 0.2) is 6.10 Å². The molecule has 0 saturated carbocycles. The lowest BCUT2D eigenvalue weighted by atomic mass is 9.96. The molecule has 2 atom stereocenters. The molecule has 1 N–H and O–H groups in total. The van der Waals surface area contributed by atoms with Gasteiger partial charge in [-0.15, -0.1) is 0 Å². The molecule has 162 valence electrons. The standard InChI is InChI=1S/C25H21NO6/c1-29-19-11-20-22(21(12-19)30-2)25(28)32-24(20)23(27)17-7-9-18(10-8-17)31-14-16-5-3-15(13-26)4-6-16/h3-12,23-24,27H,14H2,1-2H3. The maximum Gasteiger partial charge on any atom is 0.343 e. The van der Waals surface area contributed by atoms with E-state index in [2.05, 4.69) is 6.07 Å². The van der Waals surface area contributed by atoms with Crippen molar-refractivity contribution in [2.24, 2.45) is 0 Å². The van der Waals surface area contributed by atoms with Gasteiger partial charge in [0.25, 0.3) is 0 Å². The number of carbonyl (C=O) groups is 1. The van der Waals surface area contributed by atoms with Crippen molar-refractivity contribution >= 4 is 5.97 Å². The predicted octanol–water partition coefficient (Wildman–Crippen LogP) is 4.10. The highest BCUT2D eigenvalue weighted by Gasteiger charge is 2.39. The summed E-state index contributed by atoms with van der Waals surface area (Å²) in [7, 11) is 2.98. The molecule has 0 fully saturated rings. The zero-order valence-corrected chi connectivity index (χ0v) is 17.6. The first-order valence-corrected chi connectivity index (χ1v) is 9.90. The van der Waals surface area contributed by atoms with Crippen LogP contribution in [-0.2, 0) is 11.3 Å². The van der Waals surface area contributed by atoms with Crippen LogP contribution in [0.1, 0.15) is 44.8 Å². The minimum absolute atomic E-state index is 0.291. The third-order valence-electron chi connectivity index (χ3n) is 5.30. The molecule has 7 nitrogen and oxygen atoms in total. The maximum atomic E-state index is 12.4. The van der Waals surface area contributed by atoms with E-state index >= 15 is 0 Å². The lowest BCUT2D eigenvalue weighted by Crippen LogP contribution is -2.11. The van der Waals surface area contributed by atoms with E-state index < -0.39 is 18.2 Å². The van der Waals surface area contributed by atoms with Crippen molar-refractivity contribution in [3.05, 3.63) is 88.5 Å². The summed E-state index contributed by atoms with van der Waals surface area (Å²) in [5.74, 6) is 0.914. The molecule has 0 amide bonds. The molecule has 3 aromatic carbocycles. The van der Waals surface area contributed by atoms with Crippen LogP contribution < -0.4 is 14.2 Å². The number of benzene rings is 3. The number of methoxy groups -OCH3 is 2. The van der Waals surface area contributed by atoms with Crippen LogP contribution in [-0.4, -0.2) is 25.3 Å². The van der Waals surface area contributed by atoms with Crippen LogP contribution in [0.25, 0.3) is 0 Å². The summed E-state index contributed by atoms with van der Waals surface area (Å²) in [6, 6.07) is 19.4. The molecule has 0 aromatic heterocycles. The molecule has 7 heteroatoms. The molecule has 0 saturated heterocycles. The van der Waals surface area contributed by atoms with E-state index in [0.29, 0.717) is 46.1 Å². The van der Waals surface area contributed by atoms with E-state index in [9.17, 15) is 9.90 Å². The van der Waals surface area contributed by atoms with E-state index in [1.54, 1.807) is 48.5 Å². The second-order valence-corrected chi connectivity index (χ2v) is 7.23. The molecule has 0 aliphatic carbocycles. The van der Waals surface area contributed by atoms with Crippen molar-refractivity contribution < 1.29 is 28.8 Å². The zero-order chi connectivity index (χ0) is 22.7. The topological polar surface area (TPSA) is 98.0 Å². The van der Waals surface area contributed by atoms with Gasteiger partial charge < -0.3 is 24.1 Å². The van der Waals surface area contributed by atoms with Crippen molar-refractivity contribution in [2.75, 3.05) is 14.2 Å². The average Bonchev–Trinajstić information content (AvgIpc) is 3.18. The summed E-state index contributed by atoms with van der Waals surface area (Å²) in [4.78, 5) is 12.4. The van der Waals surface area contributed by atoms with Crippen molar-refractivity contribution in [3.8, 4) is 23.3 Å². The van der Waals surface area contributed by atoms with E-state index in [1.165, 1.54) is 14.2 Å². The lowest BCUT2D eigenvalue weighted by molar-refractivity contribution is -0.0103. The Labute approximate surface area is 185 Å². The molecule has 32 heavy (non-hydrogen) atoms.